The maximum atomic E-state index is 14.2. The molecule has 35 heavy (non-hydrogen) atoms. The molecule has 2 atom stereocenters. The minimum atomic E-state index is -1.45. The maximum Gasteiger partial charge on any atom is 0.240 e. The van der Waals surface area contributed by atoms with Gasteiger partial charge in [0.05, 0.1) is 11.3 Å². The van der Waals surface area contributed by atoms with Gasteiger partial charge in [-0.3, -0.25) is 24.1 Å². The van der Waals surface area contributed by atoms with Crippen LogP contribution in [-0.2, 0) is 24.6 Å². The van der Waals surface area contributed by atoms with Crippen LogP contribution in [0.4, 0.5) is 4.39 Å². The van der Waals surface area contributed by atoms with Gasteiger partial charge in [0.15, 0.2) is 0 Å². The van der Waals surface area contributed by atoms with Crippen molar-refractivity contribution >= 4 is 23.6 Å². The van der Waals surface area contributed by atoms with Crippen LogP contribution in [0, 0.1) is 11.7 Å². The summed E-state index contributed by atoms with van der Waals surface area (Å²) in [4.78, 5) is 59.5. The summed E-state index contributed by atoms with van der Waals surface area (Å²) >= 11 is 0. The van der Waals surface area contributed by atoms with Crippen molar-refractivity contribution in [2.24, 2.45) is 5.92 Å². The first-order valence-corrected chi connectivity index (χ1v) is 12.4. The number of amides is 4. The molecule has 0 saturated carbocycles. The van der Waals surface area contributed by atoms with E-state index < -0.39 is 17.1 Å². The lowest BCUT2D eigenvalue weighted by Crippen LogP contribution is -2.49. The number of likely N-dealkylation sites (N-methyl/N-ethyl adjacent to an activating group) is 1. The highest BCUT2D eigenvalue weighted by atomic mass is 19.1. The van der Waals surface area contributed by atoms with E-state index in [1.54, 1.807) is 15.9 Å². The number of carbonyl (C=O) groups excluding carboxylic acids is 4. The van der Waals surface area contributed by atoms with Gasteiger partial charge in [0.2, 0.25) is 23.6 Å². The third-order valence-electron chi connectivity index (χ3n) is 7.21. The van der Waals surface area contributed by atoms with Crippen molar-refractivity contribution in [1.82, 2.24) is 19.6 Å². The molecule has 1 aromatic carbocycles. The Bertz CT molecular complexity index is 964. The lowest BCUT2D eigenvalue weighted by atomic mass is 9.75. The number of rotatable bonds is 9. The molecular formula is C26H37FN4O4. The molecule has 9 heteroatoms. The summed E-state index contributed by atoms with van der Waals surface area (Å²) in [6.45, 7) is 6.57. The van der Waals surface area contributed by atoms with Crippen molar-refractivity contribution in [2.75, 3.05) is 53.4 Å². The Kier molecular flexibility index (Phi) is 8.64. The van der Waals surface area contributed by atoms with E-state index in [0.717, 1.165) is 0 Å². The molecule has 0 N–H and O–H groups in total. The fourth-order valence-electron chi connectivity index (χ4n) is 5.15. The molecular weight excluding hydrogens is 451 g/mol. The van der Waals surface area contributed by atoms with Gasteiger partial charge < -0.3 is 14.7 Å². The zero-order chi connectivity index (χ0) is 25.8. The quantitative estimate of drug-likeness (QED) is 0.496. The normalized spacial score (nSPS) is 22.7. The van der Waals surface area contributed by atoms with E-state index in [-0.39, 0.29) is 43.0 Å². The fraction of sp³-hybridized carbons (Fsp3) is 0.615. The average Bonchev–Trinajstić information content (AvgIpc) is 3.07. The number of halogens is 1. The summed E-state index contributed by atoms with van der Waals surface area (Å²) in [5.74, 6) is -1.88. The molecule has 2 heterocycles. The summed E-state index contributed by atoms with van der Waals surface area (Å²) in [5, 5.41) is 0. The SMILES string of the molecule is CCN(CC)C(=O)[C@@H]1CCCN(C(=O)C[C@@]2(c3cccc(F)c3)CC(=O)N(CCN(C)C)C2=O)C1. The van der Waals surface area contributed by atoms with Crippen LogP contribution in [-0.4, -0.2) is 96.6 Å². The molecule has 8 nitrogen and oxygen atoms in total. The highest BCUT2D eigenvalue weighted by molar-refractivity contribution is 6.10. The first-order chi connectivity index (χ1) is 16.6. The van der Waals surface area contributed by atoms with E-state index in [0.29, 0.717) is 51.1 Å². The van der Waals surface area contributed by atoms with Crippen LogP contribution in [0.3, 0.4) is 0 Å². The van der Waals surface area contributed by atoms with Crippen molar-refractivity contribution in [3.63, 3.8) is 0 Å². The van der Waals surface area contributed by atoms with Crippen LogP contribution in [0.15, 0.2) is 24.3 Å². The predicted octanol–water partition coefficient (Wildman–Crippen LogP) is 1.88. The molecule has 0 unspecified atom stereocenters. The molecule has 4 amide bonds. The third-order valence-corrected chi connectivity index (χ3v) is 7.21. The monoisotopic (exact) mass is 488 g/mol. The summed E-state index contributed by atoms with van der Waals surface area (Å²) < 4.78 is 14.2. The maximum absolute atomic E-state index is 14.2. The zero-order valence-electron chi connectivity index (χ0n) is 21.3. The number of imide groups is 1. The number of nitrogens with zero attached hydrogens (tertiary/aromatic N) is 4. The molecule has 0 aromatic heterocycles. The number of benzene rings is 1. The minimum absolute atomic E-state index is 0.0364. The standard InChI is InChI=1S/C26H37FN4O4/c1-5-29(6-2)24(34)19-9-8-12-30(18-19)22(32)16-26(20-10-7-11-21(27)15-20)17-23(33)31(25(26)35)14-13-28(3)4/h7,10-11,15,19H,5-6,8-9,12-14,16-18H2,1-4H3/t19-,26+/m1/s1. The number of hydrogen-bond donors (Lipinski definition) is 0. The van der Waals surface area contributed by atoms with Gasteiger partial charge in [-0.15, -0.1) is 0 Å². The molecule has 2 fully saturated rings. The van der Waals surface area contributed by atoms with Gasteiger partial charge >= 0.3 is 0 Å². The van der Waals surface area contributed by atoms with Crippen LogP contribution in [0.25, 0.3) is 0 Å². The summed E-state index contributed by atoms with van der Waals surface area (Å²) in [5.41, 5.74) is -1.11. The molecule has 2 aliphatic heterocycles. The van der Waals surface area contributed by atoms with Gasteiger partial charge in [-0.2, -0.15) is 0 Å². The van der Waals surface area contributed by atoms with Gasteiger partial charge in [0, 0.05) is 52.1 Å². The first kappa shape index (κ1) is 26.8. The second kappa shape index (κ2) is 11.3. The summed E-state index contributed by atoms with van der Waals surface area (Å²) in [7, 11) is 3.70. The van der Waals surface area contributed by atoms with Crippen LogP contribution < -0.4 is 0 Å². The fourth-order valence-corrected chi connectivity index (χ4v) is 5.15. The summed E-state index contributed by atoms with van der Waals surface area (Å²) in [6.07, 6.45) is 0.998. The van der Waals surface area contributed by atoms with Crippen molar-refractivity contribution in [2.45, 2.75) is 44.9 Å². The van der Waals surface area contributed by atoms with E-state index in [4.69, 9.17) is 0 Å². The van der Waals surface area contributed by atoms with E-state index in [9.17, 15) is 23.6 Å². The van der Waals surface area contributed by atoms with E-state index >= 15 is 0 Å². The van der Waals surface area contributed by atoms with Gasteiger partial charge in [-0.05, 0) is 58.5 Å². The Balaban J connectivity index is 1.86. The molecule has 192 valence electrons. The highest BCUT2D eigenvalue weighted by Gasteiger charge is 2.54. The van der Waals surface area contributed by atoms with E-state index in [1.807, 2.05) is 32.8 Å². The molecule has 0 spiro atoms. The number of piperidine rings is 1. The second-order valence-electron chi connectivity index (χ2n) is 9.79. The number of carbonyl (C=O) groups is 4. The molecule has 1 aromatic rings. The Hall–Kier alpha value is -2.81. The smallest absolute Gasteiger partial charge is 0.240 e. The molecule has 0 aliphatic carbocycles. The predicted molar refractivity (Wildman–Crippen MR) is 130 cm³/mol. The molecule has 2 saturated heterocycles. The van der Waals surface area contributed by atoms with Crippen molar-refractivity contribution in [1.29, 1.82) is 0 Å². The van der Waals surface area contributed by atoms with Crippen molar-refractivity contribution in [3.8, 4) is 0 Å². The largest absolute Gasteiger partial charge is 0.343 e. The van der Waals surface area contributed by atoms with Crippen molar-refractivity contribution < 1.29 is 23.6 Å². The third kappa shape index (κ3) is 5.72. The molecule has 0 radical (unpaired) electrons. The van der Waals surface area contributed by atoms with Crippen molar-refractivity contribution in [3.05, 3.63) is 35.6 Å². The highest BCUT2D eigenvalue weighted by Crippen LogP contribution is 2.41. The van der Waals surface area contributed by atoms with E-state index in [2.05, 4.69) is 0 Å². The van der Waals surface area contributed by atoms with E-state index in [1.165, 1.54) is 23.1 Å². The first-order valence-electron chi connectivity index (χ1n) is 12.4. The second-order valence-corrected chi connectivity index (χ2v) is 9.79. The van der Waals surface area contributed by atoms with Gasteiger partial charge in [-0.1, -0.05) is 12.1 Å². The number of hydrogen-bond acceptors (Lipinski definition) is 5. The Morgan fingerprint density at radius 2 is 1.89 bits per heavy atom. The Labute approximate surface area is 207 Å². The van der Waals surface area contributed by atoms with Crippen LogP contribution >= 0.6 is 0 Å². The Morgan fingerprint density at radius 1 is 1.17 bits per heavy atom. The zero-order valence-corrected chi connectivity index (χ0v) is 21.3. The van der Waals surface area contributed by atoms with Gasteiger partial charge in [0.25, 0.3) is 0 Å². The lowest BCUT2D eigenvalue weighted by molar-refractivity contribution is -0.145. The van der Waals surface area contributed by atoms with Crippen LogP contribution in [0.5, 0.6) is 0 Å². The van der Waals surface area contributed by atoms with Gasteiger partial charge in [0.1, 0.15) is 5.82 Å². The number of likely N-dealkylation sites (tertiary alicyclic amines) is 2. The minimum Gasteiger partial charge on any atom is -0.343 e. The summed E-state index contributed by atoms with van der Waals surface area (Å²) in [6, 6.07) is 5.63. The topological polar surface area (TPSA) is 81.2 Å². The molecule has 3 rings (SSSR count). The van der Waals surface area contributed by atoms with Gasteiger partial charge in [-0.25, -0.2) is 4.39 Å². The molecule has 0 bridgehead atoms. The molecule has 2 aliphatic rings. The van der Waals surface area contributed by atoms with Crippen LogP contribution in [0.2, 0.25) is 0 Å². The van der Waals surface area contributed by atoms with Crippen LogP contribution in [0.1, 0.15) is 45.1 Å². The Morgan fingerprint density at radius 3 is 2.51 bits per heavy atom. The lowest BCUT2D eigenvalue weighted by Gasteiger charge is -2.36. The average molecular weight is 489 g/mol.